The zero-order chi connectivity index (χ0) is 24.4. The van der Waals surface area contributed by atoms with E-state index in [1.54, 1.807) is 24.3 Å². The zero-order valence-electron chi connectivity index (χ0n) is 19.2. The van der Waals surface area contributed by atoms with Gasteiger partial charge in [0.15, 0.2) is 5.78 Å². The van der Waals surface area contributed by atoms with Crippen molar-refractivity contribution in [3.63, 3.8) is 0 Å². The minimum atomic E-state index is -0.209. The first-order valence-electron chi connectivity index (χ1n) is 11.5. The molecule has 1 aliphatic carbocycles. The number of aromatic nitrogens is 2. The van der Waals surface area contributed by atoms with E-state index in [1.165, 1.54) is 0 Å². The molecule has 4 aromatic rings. The number of fused-ring (bicyclic) bond motifs is 1. The Kier molecular flexibility index (Phi) is 7.19. The lowest BCUT2D eigenvalue weighted by Crippen LogP contribution is -2.15. The second kappa shape index (κ2) is 10.5. The molecule has 7 heteroatoms. The second-order valence-corrected chi connectivity index (χ2v) is 10.4. The number of halogens is 2. The van der Waals surface area contributed by atoms with E-state index in [-0.39, 0.29) is 11.9 Å². The molecule has 0 radical (unpaired) electrons. The van der Waals surface area contributed by atoms with Crippen molar-refractivity contribution in [2.45, 2.75) is 42.9 Å². The molecule has 3 aromatic carbocycles. The summed E-state index contributed by atoms with van der Waals surface area (Å²) in [6, 6.07) is 17.7. The first kappa shape index (κ1) is 24.0. The van der Waals surface area contributed by atoms with Crippen molar-refractivity contribution in [1.82, 2.24) is 9.55 Å². The fourth-order valence-corrected chi connectivity index (χ4v) is 5.85. The molecule has 0 saturated carbocycles. The van der Waals surface area contributed by atoms with Gasteiger partial charge in [0.1, 0.15) is 11.9 Å². The number of rotatable bonds is 7. The van der Waals surface area contributed by atoms with E-state index in [0.29, 0.717) is 22.2 Å². The molecule has 35 heavy (non-hydrogen) atoms. The molecule has 4 nitrogen and oxygen atoms in total. The third-order valence-corrected chi connectivity index (χ3v) is 8.01. The predicted molar refractivity (Wildman–Crippen MR) is 142 cm³/mol. The monoisotopic (exact) mass is 522 g/mol. The van der Waals surface area contributed by atoms with Gasteiger partial charge in [-0.25, -0.2) is 4.98 Å². The number of imidazole rings is 1. The molecule has 0 bridgehead atoms. The molecule has 1 atom stereocenters. The predicted octanol–water partition coefficient (Wildman–Crippen LogP) is 8.13. The average Bonchev–Trinajstić information content (AvgIpc) is 3.40. The number of ketones is 1. The van der Waals surface area contributed by atoms with E-state index >= 15 is 0 Å². The topological polar surface area (TPSA) is 44.1 Å². The van der Waals surface area contributed by atoms with E-state index < -0.39 is 0 Å². The van der Waals surface area contributed by atoms with Crippen LogP contribution in [0.25, 0.3) is 5.69 Å². The largest absolute Gasteiger partial charge is 0.486 e. The molecule has 1 heterocycles. The number of ether oxygens (including phenoxy) is 1. The van der Waals surface area contributed by atoms with Crippen molar-refractivity contribution < 1.29 is 9.53 Å². The molecule has 0 aliphatic heterocycles. The first-order chi connectivity index (χ1) is 17.0. The minimum absolute atomic E-state index is 0.206. The van der Waals surface area contributed by atoms with Crippen LogP contribution in [0.3, 0.4) is 0 Å². The Labute approximate surface area is 219 Å². The molecule has 0 N–H and O–H groups in total. The Hall–Kier alpha value is -2.73. The maximum atomic E-state index is 12.6. The highest BCUT2D eigenvalue weighted by Crippen LogP contribution is 2.39. The Morgan fingerprint density at radius 2 is 1.94 bits per heavy atom. The maximum Gasteiger partial charge on any atom is 0.163 e. The lowest BCUT2D eigenvalue weighted by molar-refractivity contribution is 0.0972. The van der Waals surface area contributed by atoms with Crippen LogP contribution in [0.15, 0.2) is 78.2 Å². The number of thioether (sulfide) groups is 1. The third kappa shape index (κ3) is 5.13. The molecular formula is C28H24Cl2N2O2S. The van der Waals surface area contributed by atoms with Gasteiger partial charge < -0.3 is 9.30 Å². The molecule has 0 spiro atoms. The molecule has 0 saturated heterocycles. The van der Waals surface area contributed by atoms with Crippen LogP contribution in [0.5, 0.6) is 5.75 Å². The summed E-state index contributed by atoms with van der Waals surface area (Å²) in [5.74, 6) is 1.68. The van der Waals surface area contributed by atoms with Crippen LogP contribution < -0.4 is 4.74 Å². The summed E-state index contributed by atoms with van der Waals surface area (Å²) < 4.78 is 8.59. The van der Waals surface area contributed by atoms with E-state index in [9.17, 15) is 4.79 Å². The number of Topliss-reactive ketones (excluding diaryl/α,β-unsaturated/α-hetero) is 1. The van der Waals surface area contributed by atoms with Crippen LogP contribution in [-0.4, -0.2) is 15.3 Å². The van der Waals surface area contributed by atoms with Crippen molar-refractivity contribution in [2.75, 3.05) is 0 Å². The smallest absolute Gasteiger partial charge is 0.163 e. The van der Waals surface area contributed by atoms with Gasteiger partial charge in [-0.05, 0) is 61.7 Å². The number of carbonyl (C=O) groups is 1. The summed E-state index contributed by atoms with van der Waals surface area (Å²) in [6.45, 7) is 2.05. The molecule has 0 amide bonds. The van der Waals surface area contributed by atoms with Crippen LogP contribution >= 0.6 is 35.0 Å². The first-order valence-corrected chi connectivity index (χ1v) is 13.2. The van der Waals surface area contributed by atoms with Gasteiger partial charge in [0, 0.05) is 46.2 Å². The highest BCUT2D eigenvalue weighted by molar-refractivity contribution is 7.98. The van der Waals surface area contributed by atoms with Gasteiger partial charge in [0.2, 0.25) is 0 Å². The number of nitrogens with zero attached hydrogens (tertiary/aromatic N) is 2. The highest BCUT2D eigenvalue weighted by atomic mass is 35.5. The van der Waals surface area contributed by atoms with Crippen molar-refractivity contribution >= 4 is 40.7 Å². The quantitative estimate of drug-likeness (QED) is 0.230. The summed E-state index contributed by atoms with van der Waals surface area (Å²) in [5.41, 5.74) is 5.07. The van der Waals surface area contributed by atoms with Crippen LogP contribution in [0, 0.1) is 0 Å². The molecule has 178 valence electrons. The number of para-hydroxylation sites is 1. The summed E-state index contributed by atoms with van der Waals surface area (Å²) in [7, 11) is 0. The van der Waals surface area contributed by atoms with Crippen molar-refractivity contribution in [1.29, 1.82) is 0 Å². The van der Waals surface area contributed by atoms with Gasteiger partial charge in [-0.2, -0.15) is 0 Å². The van der Waals surface area contributed by atoms with Crippen molar-refractivity contribution in [3.8, 4) is 11.4 Å². The van der Waals surface area contributed by atoms with Crippen LogP contribution in [0.4, 0.5) is 0 Å². The van der Waals surface area contributed by atoms with E-state index in [2.05, 4.69) is 24.0 Å². The lowest BCUT2D eigenvalue weighted by atomic mass is 9.87. The third-order valence-electron chi connectivity index (χ3n) is 6.25. The Morgan fingerprint density at radius 3 is 2.74 bits per heavy atom. The molecule has 1 aromatic heterocycles. The number of carbonyl (C=O) groups excluding carboxylic acids is 1. The van der Waals surface area contributed by atoms with Gasteiger partial charge in [-0.3, -0.25) is 4.79 Å². The standard InChI is InChI=1S/C28H24Cl2N2O2S/c1-18(20-5-2-3-7-26(20)32-14-13-31-17-32)34-28-12-10-22-21(6-4-8-27(22)33)23(28)16-35-19-9-11-24(29)25(30)15-19/h2-3,5,7,9-15,17-18H,4,6,8,16H2,1H3/t18-/m0/s1. The Balaban J connectivity index is 1.48. The van der Waals surface area contributed by atoms with Gasteiger partial charge in [0.25, 0.3) is 0 Å². The minimum Gasteiger partial charge on any atom is -0.486 e. The van der Waals surface area contributed by atoms with E-state index in [0.717, 1.165) is 51.4 Å². The molecular weight excluding hydrogens is 499 g/mol. The normalized spacial score (nSPS) is 14.0. The van der Waals surface area contributed by atoms with Crippen LogP contribution in [-0.2, 0) is 12.2 Å². The second-order valence-electron chi connectivity index (χ2n) is 8.50. The van der Waals surface area contributed by atoms with Crippen molar-refractivity contribution in [2.24, 2.45) is 0 Å². The summed E-state index contributed by atoms with van der Waals surface area (Å²) >= 11 is 14.0. The molecule has 0 fully saturated rings. The summed E-state index contributed by atoms with van der Waals surface area (Å²) in [4.78, 5) is 17.8. The van der Waals surface area contributed by atoms with Crippen molar-refractivity contribution in [3.05, 3.63) is 106 Å². The fraction of sp³-hybridized carbons (Fsp3) is 0.214. The van der Waals surface area contributed by atoms with Gasteiger partial charge in [0.05, 0.1) is 22.1 Å². The van der Waals surface area contributed by atoms with Crippen LogP contribution in [0.1, 0.15) is 52.9 Å². The maximum absolute atomic E-state index is 12.6. The SMILES string of the molecule is C[C@H](Oc1ccc2c(c1CSc1ccc(Cl)c(Cl)c1)CCCC2=O)c1ccccc1-n1ccnc1. The number of hydrogen-bond acceptors (Lipinski definition) is 4. The molecule has 1 aliphatic rings. The van der Waals surface area contributed by atoms with E-state index in [1.807, 2.05) is 53.2 Å². The van der Waals surface area contributed by atoms with Gasteiger partial charge in [-0.15, -0.1) is 11.8 Å². The number of hydrogen-bond donors (Lipinski definition) is 0. The average molecular weight is 523 g/mol. The summed E-state index contributed by atoms with van der Waals surface area (Å²) in [6.07, 6.45) is 7.60. The fourth-order valence-electron chi connectivity index (χ4n) is 4.49. The van der Waals surface area contributed by atoms with Gasteiger partial charge in [-0.1, -0.05) is 41.4 Å². The summed E-state index contributed by atoms with van der Waals surface area (Å²) in [5, 5.41) is 1.07. The Morgan fingerprint density at radius 1 is 1.09 bits per heavy atom. The lowest BCUT2D eigenvalue weighted by Gasteiger charge is -2.25. The highest BCUT2D eigenvalue weighted by Gasteiger charge is 2.24. The molecule has 0 unspecified atom stereocenters. The van der Waals surface area contributed by atoms with E-state index in [4.69, 9.17) is 27.9 Å². The zero-order valence-corrected chi connectivity index (χ0v) is 21.5. The van der Waals surface area contributed by atoms with Crippen LogP contribution in [0.2, 0.25) is 10.0 Å². The molecule has 5 rings (SSSR count). The number of benzene rings is 3. The van der Waals surface area contributed by atoms with Gasteiger partial charge >= 0.3 is 0 Å². The Bertz CT molecular complexity index is 1370.